The second-order valence-electron chi connectivity index (χ2n) is 7.22. The zero-order valence-corrected chi connectivity index (χ0v) is 17.2. The highest BCUT2D eigenvalue weighted by atomic mass is 32.2. The average Bonchev–Trinajstić information content (AvgIpc) is 3.14. The molecule has 1 atom stereocenters. The molecule has 2 heterocycles. The molecule has 1 aliphatic heterocycles. The second-order valence-corrected chi connectivity index (χ2v) is 8.98. The molecule has 1 saturated heterocycles. The first-order chi connectivity index (χ1) is 13.9. The number of Topliss-reactive ketones (excluding diaryl/α,β-unsaturated/α-hetero) is 1. The largest absolute Gasteiger partial charge is 0.379 e. The number of ketones is 1. The third-order valence-electron chi connectivity index (χ3n) is 5.31. The van der Waals surface area contributed by atoms with Crippen LogP contribution in [-0.2, 0) is 14.8 Å². The van der Waals surface area contributed by atoms with Crippen LogP contribution in [0.5, 0.6) is 0 Å². The van der Waals surface area contributed by atoms with Gasteiger partial charge in [0.15, 0.2) is 0 Å². The van der Waals surface area contributed by atoms with E-state index in [2.05, 4.69) is 5.10 Å². The molecule has 1 aromatic heterocycles. The number of carbonyl (C=O) groups is 1. The van der Waals surface area contributed by atoms with Gasteiger partial charge in [0.05, 0.1) is 29.7 Å². The van der Waals surface area contributed by atoms with Gasteiger partial charge in [-0.1, -0.05) is 35.9 Å². The third-order valence-corrected chi connectivity index (χ3v) is 6.91. The van der Waals surface area contributed by atoms with Crippen LogP contribution in [-0.4, -0.2) is 60.6 Å². The van der Waals surface area contributed by atoms with Gasteiger partial charge in [-0.25, -0.2) is 0 Å². The van der Waals surface area contributed by atoms with Crippen molar-refractivity contribution in [2.75, 3.05) is 26.3 Å². The molecular weight excluding hydrogens is 390 g/mol. The van der Waals surface area contributed by atoms with Gasteiger partial charge in [0.1, 0.15) is 5.69 Å². The first-order valence-corrected chi connectivity index (χ1v) is 11.0. The quantitative estimate of drug-likeness (QED) is 0.598. The van der Waals surface area contributed by atoms with Crippen molar-refractivity contribution in [3.05, 3.63) is 59.8 Å². The topological polar surface area (TPSA) is 81.5 Å². The Kier molecular flexibility index (Phi) is 5.24. The fraction of sp³-hybridized carbons (Fsp3) is 0.333. The number of nitrogens with zero attached hydrogens (tertiary/aromatic N) is 3. The number of hydrogen-bond acceptors (Lipinski definition) is 6. The van der Waals surface area contributed by atoms with Crippen LogP contribution in [0.1, 0.15) is 23.0 Å². The summed E-state index contributed by atoms with van der Waals surface area (Å²) in [5.74, 6) is -0.194. The maximum absolute atomic E-state index is 13.2. The highest BCUT2D eigenvalue weighted by Gasteiger charge is 2.30. The van der Waals surface area contributed by atoms with E-state index in [1.165, 1.54) is 0 Å². The van der Waals surface area contributed by atoms with Gasteiger partial charge in [-0.15, -0.1) is 0 Å². The molecule has 7 nitrogen and oxygen atoms in total. The van der Waals surface area contributed by atoms with Gasteiger partial charge < -0.3 is 4.74 Å². The lowest BCUT2D eigenvalue weighted by Gasteiger charge is -2.30. The monoisotopic (exact) mass is 413 g/mol. The molecule has 29 heavy (non-hydrogen) atoms. The normalized spacial score (nSPS) is 16.8. The lowest BCUT2D eigenvalue weighted by molar-refractivity contribution is 0.0207. The maximum atomic E-state index is 13.2. The molecule has 1 unspecified atom stereocenters. The predicted molar refractivity (Wildman–Crippen MR) is 110 cm³/mol. The first-order valence-electron chi connectivity index (χ1n) is 9.55. The Morgan fingerprint density at radius 3 is 2.41 bits per heavy atom. The van der Waals surface area contributed by atoms with E-state index >= 15 is 0 Å². The molecule has 0 bridgehead atoms. The van der Waals surface area contributed by atoms with Crippen LogP contribution in [0.3, 0.4) is 0 Å². The fourth-order valence-corrected chi connectivity index (χ4v) is 4.83. The van der Waals surface area contributed by atoms with Crippen LogP contribution in [0.2, 0.25) is 0 Å². The molecule has 0 N–H and O–H groups in total. The molecule has 0 saturated carbocycles. The van der Waals surface area contributed by atoms with Crippen molar-refractivity contribution in [1.29, 1.82) is 0 Å². The summed E-state index contributed by atoms with van der Waals surface area (Å²) in [6.07, 6.45) is 0. The van der Waals surface area contributed by atoms with Crippen LogP contribution < -0.4 is 0 Å². The molecule has 8 heteroatoms. The first kappa shape index (κ1) is 19.8. The second kappa shape index (κ2) is 7.70. The molecule has 2 aromatic carbocycles. The summed E-state index contributed by atoms with van der Waals surface area (Å²) in [6, 6.07) is 13.1. The molecule has 1 fully saturated rings. The van der Waals surface area contributed by atoms with E-state index < -0.39 is 16.1 Å². The Morgan fingerprint density at radius 2 is 1.72 bits per heavy atom. The van der Waals surface area contributed by atoms with Gasteiger partial charge >= 0.3 is 0 Å². The van der Waals surface area contributed by atoms with Gasteiger partial charge in [0.25, 0.3) is 10.0 Å². The van der Waals surface area contributed by atoms with E-state index in [9.17, 15) is 13.2 Å². The van der Waals surface area contributed by atoms with Crippen molar-refractivity contribution < 1.29 is 17.9 Å². The summed E-state index contributed by atoms with van der Waals surface area (Å²) in [5.41, 5.74) is 1.53. The summed E-state index contributed by atoms with van der Waals surface area (Å²) in [6.45, 7) is 6.20. The van der Waals surface area contributed by atoms with Crippen molar-refractivity contribution in [3.63, 3.8) is 0 Å². The molecule has 152 valence electrons. The average molecular weight is 413 g/mol. The van der Waals surface area contributed by atoms with Crippen LogP contribution >= 0.6 is 0 Å². The Hall–Kier alpha value is -2.55. The number of aromatic nitrogens is 2. The summed E-state index contributed by atoms with van der Waals surface area (Å²) >= 11 is 0. The Labute approximate surface area is 169 Å². The van der Waals surface area contributed by atoms with Crippen LogP contribution in [0.25, 0.3) is 10.9 Å². The summed E-state index contributed by atoms with van der Waals surface area (Å²) in [5, 5.41) is 4.83. The zero-order chi connectivity index (χ0) is 20.6. The smallest absolute Gasteiger partial charge is 0.283 e. The minimum Gasteiger partial charge on any atom is -0.379 e. The van der Waals surface area contributed by atoms with Gasteiger partial charge in [0.2, 0.25) is 5.78 Å². The van der Waals surface area contributed by atoms with Crippen molar-refractivity contribution in [2.24, 2.45) is 0 Å². The molecule has 0 radical (unpaired) electrons. The van der Waals surface area contributed by atoms with E-state index in [4.69, 9.17) is 4.74 Å². The molecular formula is C21H23N3O4S. The van der Waals surface area contributed by atoms with Crippen molar-refractivity contribution in [1.82, 2.24) is 14.1 Å². The molecule has 0 aliphatic carbocycles. The molecule has 3 aromatic rings. The number of rotatable bonds is 5. The number of para-hydroxylation sites is 1. The molecule has 1 aliphatic rings. The van der Waals surface area contributed by atoms with Crippen LogP contribution in [0.4, 0.5) is 0 Å². The lowest BCUT2D eigenvalue weighted by atomic mass is 10.1. The Bertz CT molecular complexity index is 1150. The Balaban J connectivity index is 1.79. The predicted octanol–water partition coefficient (Wildman–Crippen LogP) is 2.49. The van der Waals surface area contributed by atoms with E-state index in [1.54, 1.807) is 48.5 Å². The standard InChI is InChI=1S/C21H23N3O4S/c1-15-7-9-17(10-8-15)29(26,27)24-19-6-4-3-5-18(19)20(22-24)21(25)16(2)23-11-13-28-14-12-23/h3-10,16H,11-14H2,1-2H3. The zero-order valence-electron chi connectivity index (χ0n) is 16.4. The van der Waals surface area contributed by atoms with E-state index in [-0.39, 0.29) is 16.4 Å². The fourth-order valence-electron chi connectivity index (χ4n) is 3.54. The number of hydrogen-bond donors (Lipinski definition) is 0. The van der Waals surface area contributed by atoms with Crippen LogP contribution in [0, 0.1) is 6.92 Å². The Morgan fingerprint density at radius 1 is 1.07 bits per heavy atom. The highest BCUT2D eigenvalue weighted by Crippen LogP contribution is 2.25. The van der Waals surface area contributed by atoms with Gasteiger partial charge in [-0.05, 0) is 32.0 Å². The van der Waals surface area contributed by atoms with Gasteiger partial charge in [-0.2, -0.15) is 17.6 Å². The summed E-state index contributed by atoms with van der Waals surface area (Å²) in [4.78, 5) is 15.4. The minimum atomic E-state index is -3.93. The van der Waals surface area contributed by atoms with E-state index in [0.717, 1.165) is 9.65 Å². The molecule has 0 amide bonds. The van der Waals surface area contributed by atoms with Crippen molar-refractivity contribution in [3.8, 4) is 0 Å². The summed E-state index contributed by atoms with van der Waals surface area (Å²) < 4.78 is 32.8. The number of benzene rings is 2. The van der Waals surface area contributed by atoms with Gasteiger partial charge in [-0.3, -0.25) is 9.69 Å². The van der Waals surface area contributed by atoms with Gasteiger partial charge in [0, 0.05) is 18.5 Å². The number of morpholine rings is 1. The maximum Gasteiger partial charge on any atom is 0.283 e. The van der Waals surface area contributed by atoms with Crippen molar-refractivity contribution >= 4 is 26.7 Å². The SMILES string of the molecule is Cc1ccc(S(=O)(=O)n2nc(C(=O)C(C)N3CCOCC3)c3ccccc32)cc1. The highest BCUT2D eigenvalue weighted by molar-refractivity contribution is 7.90. The number of aryl methyl sites for hydroxylation is 1. The third kappa shape index (κ3) is 3.59. The van der Waals surface area contributed by atoms with E-state index in [0.29, 0.717) is 37.2 Å². The van der Waals surface area contributed by atoms with Crippen LogP contribution in [0.15, 0.2) is 53.4 Å². The summed E-state index contributed by atoms with van der Waals surface area (Å²) in [7, 11) is -3.93. The molecule has 4 rings (SSSR count). The number of ether oxygens (including phenoxy) is 1. The number of fused-ring (bicyclic) bond motifs is 1. The minimum absolute atomic E-state index is 0.136. The molecule has 0 spiro atoms. The van der Waals surface area contributed by atoms with E-state index in [1.807, 2.05) is 18.7 Å². The number of carbonyl (C=O) groups excluding carboxylic acids is 1. The lowest BCUT2D eigenvalue weighted by Crippen LogP contribution is -2.46. The van der Waals surface area contributed by atoms with Crippen molar-refractivity contribution in [2.45, 2.75) is 24.8 Å².